The fraction of sp³-hybridized carbons (Fsp3) is 0.333. The third kappa shape index (κ3) is 3.27. The molecule has 1 fully saturated rings. The monoisotopic (exact) mass is 267 g/mol. The lowest BCUT2D eigenvalue weighted by atomic mass is 10.0. The lowest BCUT2D eigenvalue weighted by Gasteiger charge is -2.19. The van der Waals surface area contributed by atoms with Gasteiger partial charge in [-0.1, -0.05) is 54.6 Å². The summed E-state index contributed by atoms with van der Waals surface area (Å²) in [5, 5.41) is 12.7. The van der Waals surface area contributed by atoms with E-state index >= 15 is 0 Å². The molecule has 0 aromatic heterocycles. The second kappa shape index (κ2) is 6.21. The summed E-state index contributed by atoms with van der Waals surface area (Å²) < 4.78 is 0. The van der Waals surface area contributed by atoms with Crippen LogP contribution in [0.1, 0.15) is 35.6 Å². The third-order valence-electron chi connectivity index (χ3n) is 3.98. The van der Waals surface area contributed by atoms with Crippen LogP contribution in [0.3, 0.4) is 0 Å². The van der Waals surface area contributed by atoms with Crippen molar-refractivity contribution >= 4 is 0 Å². The minimum atomic E-state index is 0.114. The van der Waals surface area contributed by atoms with E-state index in [1.54, 1.807) is 0 Å². The van der Waals surface area contributed by atoms with E-state index < -0.39 is 0 Å². The summed E-state index contributed by atoms with van der Waals surface area (Å²) in [4.78, 5) is 0. The van der Waals surface area contributed by atoms with Crippen LogP contribution in [0.2, 0.25) is 0 Å². The van der Waals surface area contributed by atoms with Gasteiger partial charge in [-0.25, -0.2) is 0 Å². The maximum absolute atomic E-state index is 9.06. The van der Waals surface area contributed by atoms with Crippen LogP contribution >= 0.6 is 0 Å². The first-order chi connectivity index (χ1) is 9.86. The molecular weight excluding hydrogens is 246 g/mol. The average Bonchev–Trinajstić information content (AvgIpc) is 3.34. The molecule has 1 atom stereocenters. The van der Waals surface area contributed by atoms with Crippen molar-refractivity contribution in [1.29, 1.82) is 0 Å². The van der Waals surface area contributed by atoms with Crippen molar-refractivity contribution in [2.75, 3.05) is 0 Å². The highest BCUT2D eigenvalue weighted by molar-refractivity contribution is 5.24. The predicted molar refractivity (Wildman–Crippen MR) is 81.1 cm³/mol. The number of hydrogen-bond acceptors (Lipinski definition) is 2. The fourth-order valence-corrected chi connectivity index (χ4v) is 2.64. The molecule has 0 bridgehead atoms. The Bertz CT molecular complexity index is 531. The maximum Gasteiger partial charge on any atom is 0.0681 e. The van der Waals surface area contributed by atoms with E-state index in [1.165, 1.54) is 24.0 Å². The van der Waals surface area contributed by atoms with Gasteiger partial charge in [0.25, 0.3) is 0 Å². The molecule has 2 nitrogen and oxygen atoms in total. The normalized spacial score (nSPS) is 16.1. The summed E-state index contributed by atoms with van der Waals surface area (Å²) >= 11 is 0. The molecule has 1 saturated carbocycles. The first kappa shape index (κ1) is 13.3. The van der Waals surface area contributed by atoms with Gasteiger partial charge < -0.3 is 10.4 Å². The van der Waals surface area contributed by atoms with Gasteiger partial charge >= 0.3 is 0 Å². The van der Waals surface area contributed by atoms with E-state index in [0.29, 0.717) is 6.04 Å². The molecular formula is C18H21NO. The average molecular weight is 267 g/mol. The molecule has 104 valence electrons. The predicted octanol–water partition coefficient (Wildman–Crippen LogP) is 3.42. The molecule has 1 aliphatic carbocycles. The van der Waals surface area contributed by atoms with Gasteiger partial charge in [0.2, 0.25) is 0 Å². The van der Waals surface area contributed by atoms with Crippen LogP contribution in [-0.2, 0) is 13.2 Å². The molecule has 0 saturated heterocycles. The van der Waals surface area contributed by atoms with E-state index in [-0.39, 0.29) is 6.61 Å². The molecule has 3 rings (SSSR count). The van der Waals surface area contributed by atoms with Gasteiger partial charge in [0, 0.05) is 12.6 Å². The summed E-state index contributed by atoms with van der Waals surface area (Å²) in [5.74, 6) is 0.786. The van der Waals surface area contributed by atoms with Crippen LogP contribution in [0.4, 0.5) is 0 Å². The molecule has 1 aliphatic rings. The van der Waals surface area contributed by atoms with Crippen LogP contribution in [0.5, 0.6) is 0 Å². The Morgan fingerprint density at radius 2 is 1.60 bits per heavy atom. The van der Waals surface area contributed by atoms with Crippen molar-refractivity contribution in [2.24, 2.45) is 5.92 Å². The highest BCUT2D eigenvalue weighted by Gasteiger charge is 2.31. The Labute approximate surface area is 120 Å². The van der Waals surface area contributed by atoms with Crippen LogP contribution in [0.25, 0.3) is 0 Å². The Kier molecular flexibility index (Phi) is 4.14. The van der Waals surface area contributed by atoms with Crippen molar-refractivity contribution in [2.45, 2.75) is 32.0 Å². The van der Waals surface area contributed by atoms with Gasteiger partial charge in [0.1, 0.15) is 0 Å². The van der Waals surface area contributed by atoms with Crippen molar-refractivity contribution in [3.05, 3.63) is 71.3 Å². The molecule has 0 heterocycles. The summed E-state index contributed by atoms with van der Waals surface area (Å²) in [6, 6.07) is 19.4. The van der Waals surface area contributed by atoms with Crippen molar-refractivity contribution in [3.63, 3.8) is 0 Å². The fourth-order valence-electron chi connectivity index (χ4n) is 2.64. The number of nitrogens with one attached hydrogen (secondary N) is 1. The lowest BCUT2D eigenvalue weighted by Crippen LogP contribution is -2.22. The zero-order chi connectivity index (χ0) is 13.8. The van der Waals surface area contributed by atoms with Crippen LogP contribution < -0.4 is 5.32 Å². The first-order valence-electron chi connectivity index (χ1n) is 7.34. The van der Waals surface area contributed by atoms with E-state index in [1.807, 2.05) is 12.1 Å². The van der Waals surface area contributed by atoms with Gasteiger partial charge in [-0.05, 0) is 35.4 Å². The lowest BCUT2D eigenvalue weighted by molar-refractivity contribution is 0.282. The second-order valence-electron chi connectivity index (χ2n) is 5.58. The zero-order valence-electron chi connectivity index (χ0n) is 11.6. The summed E-state index contributed by atoms with van der Waals surface area (Å²) in [5.41, 5.74) is 3.63. The molecule has 1 unspecified atom stereocenters. The summed E-state index contributed by atoms with van der Waals surface area (Å²) in [6.45, 7) is 0.990. The Hall–Kier alpha value is -1.64. The molecule has 2 heteroatoms. The summed E-state index contributed by atoms with van der Waals surface area (Å²) in [6.07, 6.45) is 2.66. The Morgan fingerprint density at radius 1 is 0.950 bits per heavy atom. The number of rotatable bonds is 6. The SMILES string of the molecule is OCc1ccc(CNC(c2ccccc2)C2CC2)cc1. The topological polar surface area (TPSA) is 32.3 Å². The largest absolute Gasteiger partial charge is 0.392 e. The highest BCUT2D eigenvalue weighted by Crippen LogP contribution is 2.41. The Morgan fingerprint density at radius 3 is 2.20 bits per heavy atom. The number of aliphatic hydroxyl groups excluding tert-OH is 1. The quantitative estimate of drug-likeness (QED) is 0.840. The molecule has 0 radical (unpaired) electrons. The van der Waals surface area contributed by atoms with E-state index in [4.69, 9.17) is 5.11 Å². The van der Waals surface area contributed by atoms with Gasteiger partial charge in [-0.3, -0.25) is 0 Å². The standard InChI is InChI=1S/C18H21NO/c20-13-15-8-6-14(7-9-15)12-19-18(17-10-11-17)16-4-2-1-3-5-16/h1-9,17-20H,10-13H2. The van der Waals surface area contributed by atoms with Crippen LogP contribution in [0.15, 0.2) is 54.6 Å². The Balaban J connectivity index is 1.65. The molecule has 2 N–H and O–H groups in total. The van der Waals surface area contributed by atoms with Gasteiger partial charge in [0.15, 0.2) is 0 Å². The number of hydrogen-bond donors (Lipinski definition) is 2. The van der Waals surface area contributed by atoms with Crippen LogP contribution in [-0.4, -0.2) is 5.11 Å². The smallest absolute Gasteiger partial charge is 0.0681 e. The molecule has 20 heavy (non-hydrogen) atoms. The number of aliphatic hydroxyl groups is 1. The molecule has 2 aromatic rings. The van der Waals surface area contributed by atoms with Crippen molar-refractivity contribution in [3.8, 4) is 0 Å². The first-order valence-corrected chi connectivity index (χ1v) is 7.34. The maximum atomic E-state index is 9.06. The van der Waals surface area contributed by atoms with Crippen molar-refractivity contribution < 1.29 is 5.11 Å². The second-order valence-corrected chi connectivity index (χ2v) is 5.58. The van der Waals surface area contributed by atoms with E-state index in [0.717, 1.165) is 18.0 Å². The third-order valence-corrected chi connectivity index (χ3v) is 3.98. The zero-order valence-corrected chi connectivity index (χ0v) is 11.6. The molecule has 2 aromatic carbocycles. The molecule has 0 amide bonds. The molecule has 0 aliphatic heterocycles. The molecule has 0 spiro atoms. The van der Waals surface area contributed by atoms with E-state index in [2.05, 4.69) is 47.8 Å². The van der Waals surface area contributed by atoms with Crippen molar-refractivity contribution in [1.82, 2.24) is 5.32 Å². The minimum absolute atomic E-state index is 0.114. The number of benzene rings is 2. The van der Waals surface area contributed by atoms with E-state index in [9.17, 15) is 0 Å². The highest BCUT2D eigenvalue weighted by atomic mass is 16.3. The van der Waals surface area contributed by atoms with Gasteiger partial charge in [-0.2, -0.15) is 0 Å². The minimum Gasteiger partial charge on any atom is -0.392 e. The van der Waals surface area contributed by atoms with Crippen LogP contribution in [0, 0.1) is 5.92 Å². The van der Waals surface area contributed by atoms with Gasteiger partial charge in [-0.15, -0.1) is 0 Å². The summed E-state index contributed by atoms with van der Waals surface area (Å²) in [7, 11) is 0. The van der Waals surface area contributed by atoms with Gasteiger partial charge in [0.05, 0.1) is 6.61 Å².